The van der Waals surface area contributed by atoms with Gasteiger partial charge in [0.2, 0.25) is 5.91 Å². The van der Waals surface area contributed by atoms with Crippen LogP contribution in [0.3, 0.4) is 0 Å². The SMILES string of the molecule is CCOC(=O)c1cc2n(n1)CC(C)(C(=O)NCCC(C)C)N(c1cccc(Cl)c1C)C2=O. The first-order valence-electron chi connectivity index (χ1n) is 10.7. The van der Waals surface area contributed by atoms with Gasteiger partial charge in [0.25, 0.3) is 5.91 Å². The number of nitrogens with one attached hydrogen (secondary N) is 1. The molecule has 2 heterocycles. The van der Waals surface area contributed by atoms with Crippen molar-refractivity contribution < 1.29 is 19.1 Å². The summed E-state index contributed by atoms with van der Waals surface area (Å²) in [5.74, 6) is -0.932. The number of ether oxygens (including phenoxy) is 1. The maximum atomic E-state index is 13.7. The Morgan fingerprint density at radius 1 is 1.34 bits per heavy atom. The van der Waals surface area contributed by atoms with Gasteiger partial charge in [-0.1, -0.05) is 31.5 Å². The van der Waals surface area contributed by atoms with Crippen LogP contribution in [0.2, 0.25) is 5.02 Å². The predicted octanol–water partition coefficient (Wildman–Crippen LogP) is 3.60. The van der Waals surface area contributed by atoms with E-state index >= 15 is 0 Å². The van der Waals surface area contributed by atoms with Gasteiger partial charge in [0.05, 0.1) is 13.2 Å². The summed E-state index contributed by atoms with van der Waals surface area (Å²) < 4.78 is 6.44. The summed E-state index contributed by atoms with van der Waals surface area (Å²) in [6.07, 6.45) is 0.811. The minimum Gasteiger partial charge on any atom is -0.461 e. The number of esters is 1. The molecule has 1 N–H and O–H groups in total. The lowest BCUT2D eigenvalue weighted by Gasteiger charge is -2.43. The Kier molecular flexibility index (Phi) is 6.93. The molecule has 0 saturated carbocycles. The van der Waals surface area contributed by atoms with Crippen LogP contribution in [0.5, 0.6) is 0 Å². The fourth-order valence-electron chi connectivity index (χ4n) is 3.77. The fourth-order valence-corrected chi connectivity index (χ4v) is 3.94. The van der Waals surface area contributed by atoms with Crippen LogP contribution in [0.1, 0.15) is 60.7 Å². The van der Waals surface area contributed by atoms with E-state index in [9.17, 15) is 14.4 Å². The van der Waals surface area contributed by atoms with Crippen LogP contribution < -0.4 is 10.2 Å². The van der Waals surface area contributed by atoms with Crippen LogP contribution in [0.4, 0.5) is 5.69 Å². The van der Waals surface area contributed by atoms with Crippen molar-refractivity contribution in [1.29, 1.82) is 0 Å². The first kappa shape index (κ1) is 23.8. The Balaban J connectivity index is 2.08. The zero-order chi connectivity index (χ0) is 23.6. The lowest BCUT2D eigenvalue weighted by molar-refractivity contribution is -0.126. The largest absolute Gasteiger partial charge is 0.461 e. The van der Waals surface area contributed by atoms with Crippen molar-refractivity contribution in [2.45, 2.75) is 53.1 Å². The summed E-state index contributed by atoms with van der Waals surface area (Å²) in [6.45, 7) is 10.1. The topological polar surface area (TPSA) is 93.5 Å². The van der Waals surface area contributed by atoms with Crippen LogP contribution in [-0.4, -0.2) is 46.3 Å². The van der Waals surface area contributed by atoms with E-state index < -0.39 is 17.4 Å². The highest BCUT2D eigenvalue weighted by atomic mass is 35.5. The second-order valence-electron chi connectivity index (χ2n) is 8.53. The normalized spacial score (nSPS) is 18.0. The van der Waals surface area contributed by atoms with Gasteiger partial charge in [0, 0.05) is 23.3 Å². The number of carbonyl (C=O) groups excluding carboxylic acids is 3. The quantitative estimate of drug-likeness (QED) is 0.637. The molecule has 1 aliphatic heterocycles. The monoisotopic (exact) mass is 460 g/mol. The highest BCUT2D eigenvalue weighted by Gasteiger charge is 2.49. The summed E-state index contributed by atoms with van der Waals surface area (Å²) in [4.78, 5) is 40.7. The van der Waals surface area contributed by atoms with Gasteiger partial charge in [-0.2, -0.15) is 5.10 Å². The number of amides is 2. The predicted molar refractivity (Wildman–Crippen MR) is 122 cm³/mol. The number of halogens is 1. The molecule has 0 spiro atoms. The minimum absolute atomic E-state index is 0.0300. The van der Waals surface area contributed by atoms with Gasteiger partial charge in [-0.05, 0) is 50.8 Å². The van der Waals surface area contributed by atoms with E-state index in [2.05, 4.69) is 24.3 Å². The third-order valence-corrected chi connectivity index (χ3v) is 6.02. The van der Waals surface area contributed by atoms with Crippen molar-refractivity contribution in [2.75, 3.05) is 18.1 Å². The van der Waals surface area contributed by atoms with Gasteiger partial charge in [0.1, 0.15) is 11.2 Å². The Morgan fingerprint density at radius 3 is 2.72 bits per heavy atom. The van der Waals surface area contributed by atoms with Crippen LogP contribution >= 0.6 is 11.6 Å². The van der Waals surface area contributed by atoms with Gasteiger partial charge in [-0.25, -0.2) is 4.79 Å². The van der Waals surface area contributed by atoms with E-state index in [1.54, 1.807) is 39.0 Å². The molecule has 0 aliphatic carbocycles. The molecule has 1 unspecified atom stereocenters. The van der Waals surface area contributed by atoms with Crippen molar-refractivity contribution in [3.63, 3.8) is 0 Å². The van der Waals surface area contributed by atoms with Crippen molar-refractivity contribution in [3.8, 4) is 0 Å². The van der Waals surface area contributed by atoms with Crippen molar-refractivity contribution in [1.82, 2.24) is 15.1 Å². The number of carbonyl (C=O) groups is 3. The lowest BCUT2D eigenvalue weighted by atomic mass is 9.93. The molecule has 9 heteroatoms. The summed E-state index contributed by atoms with van der Waals surface area (Å²) >= 11 is 6.34. The zero-order valence-corrected chi connectivity index (χ0v) is 19.8. The average molecular weight is 461 g/mol. The third kappa shape index (κ3) is 4.37. The smallest absolute Gasteiger partial charge is 0.358 e. The number of fused-ring (bicyclic) bond motifs is 1. The van der Waals surface area contributed by atoms with Gasteiger partial charge < -0.3 is 10.1 Å². The lowest BCUT2D eigenvalue weighted by Crippen LogP contribution is -2.64. The van der Waals surface area contributed by atoms with Gasteiger partial charge >= 0.3 is 5.97 Å². The minimum atomic E-state index is -1.28. The molecule has 0 fully saturated rings. The summed E-state index contributed by atoms with van der Waals surface area (Å²) in [7, 11) is 0. The molecule has 1 atom stereocenters. The Labute approximate surface area is 192 Å². The molecule has 1 aromatic heterocycles. The van der Waals surface area contributed by atoms with Crippen LogP contribution in [0, 0.1) is 12.8 Å². The molecule has 2 amide bonds. The zero-order valence-electron chi connectivity index (χ0n) is 19.1. The second-order valence-corrected chi connectivity index (χ2v) is 8.94. The number of hydrogen-bond donors (Lipinski definition) is 1. The Hall–Kier alpha value is -2.87. The first-order chi connectivity index (χ1) is 15.1. The number of anilines is 1. The Morgan fingerprint density at radius 2 is 2.06 bits per heavy atom. The summed E-state index contributed by atoms with van der Waals surface area (Å²) in [5, 5.41) is 7.71. The molecule has 3 rings (SSSR count). The molecule has 2 aromatic rings. The molecule has 172 valence electrons. The number of hydrogen-bond acceptors (Lipinski definition) is 5. The average Bonchev–Trinajstić information content (AvgIpc) is 3.15. The molecule has 8 nitrogen and oxygen atoms in total. The van der Waals surface area contributed by atoms with Crippen molar-refractivity contribution in [3.05, 3.63) is 46.2 Å². The van der Waals surface area contributed by atoms with Crippen LogP contribution in [0.25, 0.3) is 0 Å². The van der Waals surface area contributed by atoms with Crippen molar-refractivity contribution in [2.24, 2.45) is 5.92 Å². The molecule has 0 bridgehead atoms. The van der Waals surface area contributed by atoms with E-state index in [4.69, 9.17) is 16.3 Å². The third-order valence-electron chi connectivity index (χ3n) is 5.61. The fraction of sp³-hybridized carbons (Fsp3) is 0.478. The van der Waals surface area contributed by atoms with Crippen LogP contribution in [-0.2, 0) is 16.1 Å². The molecular weight excluding hydrogens is 432 g/mol. The molecule has 0 saturated heterocycles. The van der Waals surface area contributed by atoms with Crippen LogP contribution in [0.15, 0.2) is 24.3 Å². The van der Waals surface area contributed by atoms with Crippen molar-refractivity contribution >= 4 is 35.1 Å². The second kappa shape index (κ2) is 9.32. The molecule has 32 heavy (non-hydrogen) atoms. The van der Waals surface area contributed by atoms with E-state index in [1.165, 1.54) is 15.6 Å². The maximum absolute atomic E-state index is 13.7. The first-order valence-corrected chi connectivity index (χ1v) is 11.1. The van der Waals surface area contributed by atoms with Gasteiger partial charge in [-0.15, -0.1) is 0 Å². The molecular formula is C23H29ClN4O4. The highest BCUT2D eigenvalue weighted by Crippen LogP contribution is 2.36. The number of benzene rings is 1. The van der Waals surface area contributed by atoms with E-state index in [1.807, 2.05) is 0 Å². The number of aromatic nitrogens is 2. The number of nitrogens with zero attached hydrogens (tertiary/aromatic N) is 3. The molecule has 0 radical (unpaired) electrons. The van der Waals surface area contributed by atoms with E-state index in [-0.39, 0.29) is 30.4 Å². The summed E-state index contributed by atoms with van der Waals surface area (Å²) in [6, 6.07) is 6.64. The number of rotatable bonds is 7. The van der Waals surface area contributed by atoms with E-state index in [0.29, 0.717) is 28.7 Å². The summed E-state index contributed by atoms with van der Waals surface area (Å²) in [5.41, 5.74) is 0.174. The Bertz CT molecular complexity index is 1050. The maximum Gasteiger partial charge on any atom is 0.358 e. The standard InChI is InChI=1S/C23H29ClN4O4/c1-6-32-21(30)17-12-19-20(29)28(18-9-7-8-16(24)15(18)4)23(5,13-27(19)26-17)22(31)25-11-10-14(2)3/h7-9,12,14H,6,10-11,13H2,1-5H3,(H,25,31). The molecule has 1 aliphatic rings. The molecule has 1 aromatic carbocycles. The van der Waals surface area contributed by atoms with E-state index in [0.717, 1.165) is 6.42 Å². The highest BCUT2D eigenvalue weighted by molar-refractivity contribution is 6.32. The van der Waals surface area contributed by atoms with Gasteiger partial charge in [0.15, 0.2) is 5.69 Å². The van der Waals surface area contributed by atoms with Gasteiger partial charge in [-0.3, -0.25) is 19.2 Å².